The van der Waals surface area contributed by atoms with E-state index in [1.165, 1.54) is 0 Å². The average Bonchev–Trinajstić information content (AvgIpc) is 3.36. The summed E-state index contributed by atoms with van der Waals surface area (Å²) in [7, 11) is 0. The summed E-state index contributed by atoms with van der Waals surface area (Å²) in [5.41, 5.74) is -0.0843. The minimum Gasteiger partial charge on any atom is -0.338 e. The number of benzene rings is 1. The predicted molar refractivity (Wildman–Crippen MR) is 121 cm³/mol. The van der Waals surface area contributed by atoms with E-state index in [1.54, 1.807) is 11.8 Å². The van der Waals surface area contributed by atoms with E-state index >= 15 is 0 Å². The van der Waals surface area contributed by atoms with E-state index in [1.807, 2.05) is 45.9 Å². The number of carbonyl (C=O) groups excluding carboxylic acids is 2. The summed E-state index contributed by atoms with van der Waals surface area (Å²) >= 11 is 8.78. The molecule has 1 aromatic heterocycles. The number of aliphatic imine (C=N–C) groups is 1. The van der Waals surface area contributed by atoms with Gasteiger partial charge in [0.2, 0.25) is 0 Å². The number of hydrogen-bond acceptors (Lipinski definition) is 5. The smallest absolute Gasteiger partial charge is 0.272 e. The van der Waals surface area contributed by atoms with Crippen LogP contribution in [0.4, 0.5) is 0 Å². The summed E-state index contributed by atoms with van der Waals surface area (Å²) in [6, 6.07) is 12.0. The van der Waals surface area contributed by atoms with Crippen molar-refractivity contribution in [2.24, 2.45) is 16.8 Å². The molecule has 1 amide bonds. The van der Waals surface area contributed by atoms with Gasteiger partial charge in [0.25, 0.3) is 5.91 Å². The molecule has 4 heterocycles. The molecule has 6 rings (SSSR count). The predicted octanol–water partition coefficient (Wildman–Crippen LogP) is 4.41. The second-order valence-electron chi connectivity index (χ2n) is 8.28. The van der Waals surface area contributed by atoms with Crippen molar-refractivity contribution >= 4 is 60.5 Å². The molecule has 2 fully saturated rings. The molecular weight excluding hydrogens is 532 g/mol. The molecule has 1 N–H and O–H groups in total. The van der Waals surface area contributed by atoms with Crippen molar-refractivity contribution in [3.05, 3.63) is 51.2 Å². The van der Waals surface area contributed by atoms with Gasteiger partial charge in [0.1, 0.15) is 16.1 Å². The van der Waals surface area contributed by atoms with Crippen molar-refractivity contribution in [3.63, 3.8) is 0 Å². The van der Waals surface area contributed by atoms with Crippen LogP contribution in [0.25, 0.3) is 0 Å². The van der Waals surface area contributed by atoms with E-state index in [0.29, 0.717) is 31.0 Å². The van der Waals surface area contributed by atoms with E-state index in [2.05, 4.69) is 37.2 Å². The quantitative estimate of drug-likeness (QED) is 0.572. The molecule has 1 saturated carbocycles. The monoisotopic (exact) mass is 548 g/mol. The standard InChI is InChI=1S/C21H18Br2N4O2S/c22-15-9-16-18(29)26-10-11-6-7-12(28)8-14(11)21(26)19(27(16)17(15)23)24-20(25-21)30-13-4-2-1-3-5-13/h1-5,9,11,14,19H,6-8,10H2,(H,24,25)/t11-,14-,19+,21-/m1/s1. The van der Waals surface area contributed by atoms with Crippen molar-refractivity contribution < 1.29 is 9.59 Å². The lowest BCUT2D eigenvalue weighted by Crippen LogP contribution is -2.65. The molecule has 4 atom stereocenters. The number of nitrogens with zero attached hydrogens (tertiary/aromatic N) is 3. The minimum atomic E-state index is -0.705. The molecule has 1 aromatic carbocycles. The Labute approximate surface area is 194 Å². The second kappa shape index (κ2) is 6.71. The Balaban J connectivity index is 1.50. The van der Waals surface area contributed by atoms with Crippen LogP contribution in [0.15, 0.2) is 55.4 Å². The van der Waals surface area contributed by atoms with Crippen LogP contribution in [-0.4, -0.2) is 38.5 Å². The fourth-order valence-electron chi connectivity index (χ4n) is 5.52. The zero-order valence-corrected chi connectivity index (χ0v) is 19.8. The Morgan fingerprint density at radius 1 is 1.20 bits per heavy atom. The van der Waals surface area contributed by atoms with E-state index in [-0.39, 0.29) is 23.8 Å². The molecule has 0 radical (unpaired) electrons. The Morgan fingerprint density at radius 2 is 2.00 bits per heavy atom. The van der Waals surface area contributed by atoms with Crippen molar-refractivity contribution in [1.29, 1.82) is 0 Å². The minimum absolute atomic E-state index is 0.00633. The van der Waals surface area contributed by atoms with Crippen LogP contribution in [0.5, 0.6) is 0 Å². The number of nitrogens with one attached hydrogen (secondary N) is 1. The molecule has 0 bridgehead atoms. The van der Waals surface area contributed by atoms with Gasteiger partial charge in [-0.2, -0.15) is 0 Å². The maximum Gasteiger partial charge on any atom is 0.272 e. The van der Waals surface area contributed by atoms with Gasteiger partial charge in [-0.05, 0) is 62.4 Å². The highest BCUT2D eigenvalue weighted by molar-refractivity contribution is 9.13. The van der Waals surface area contributed by atoms with E-state index < -0.39 is 5.66 Å². The lowest BCUT2D eigenvalue weighted by atomic mass is 9.74. The van der Waals surface area contributed by atoms with Gasteiger partial charge < -0.3 is 14.8 Å². The molecule has 1 spiro atoms. The summed E-state index contributed by atoms with van der Waals surface area (Å²) in [5.74, 6) is 0.632. The normalized spacial score (nSPS) is 31.6. The highest BCUT2D eigenvalue weighted by Gasteiger charge is 2.66. The molecule has 30 heavy (non-hydrogen) atoms. The number of halogens is 2. The number of amidine groups is 1. The first kappa shape index (κ1) is 19.1. The Bertz CT molecular complexity index is 1120. The van der Waals surface area contributed by atoms with Gasteiger partial charge in [-0.1, -0.05) is 30.0 Å². The van der Waals surface area contributed by atoms with Crippen molar-refractivity contribution in [1.82, 2.24) is 14.8 Å². The topological polar surface area (TPSA) is 66.7 Å². The van der Waals surface area contributed by atoms with Crippen LogP contribution in [0.1, 0.15) is 35.9 Å². The largest absolute Gasteiger partial charge is 0.338 e. The van der Waals surface area contributed by atoms with Crippen molar-refractivity contribution in [2.45, 2.75) is 36.0 Å². The van der Waals surface area contributed by atoms with Gasteiger partial charge in [0, 0.05) is 30.2 Å². The highest BCUT2D eigenvalue weighted by Crippen LogP contribution is 2.56. The van der Waals surface area contributed by atoms with Crippen molar-refractivity contribution in [2.75, 3.05) is 6.54 Å². The van der Waals surface area contributed by atoms with Gasteiger partial charge in [-0.3, -0.25) is 9.59 Å². The molecule has 2 aromatic rings. The van der Waals surface area contributed by atoms with Crippen LogP contribution < -0.4 is 5.32 Å². The summed E-state index contributed by atoms with van der Waals surface area (Å²) in [5, 5.41) is 4.44. The van der Waals surface area contributed by atoms with Gasteiger partial charge in [0.05, 0.1) is 4.47 Å². The number of ketones is 1. The fourth-order valence-corrected chi connectivity index (χ4v) is 7.31. The molecule has 1 saturated heterocycles. The van der Waals surface area contributed by atoms with Gasteiger partial charge in [-0.15, -0.1) is 0 Å². The lowest BCUT2D eigenvalue weighted by Gasteiger charge is -2.47. The summed E-state index contributed by atoms with van der Waals surface area (Å²) in [6.45, 7) is 0.666. The first-order valence-corrected chi connectivity index (χ1v) is 12.4. The summed E-state index contributed by atoms with van der Waals surface area (Å²) in [6.07, 6.45) is 1.62. The molecule has 3 aliphatic heterocycles. The maximum atomic E-state index is 13.6. The third kappa shape index (κ3) is 2.51. The lowest BCUT2D eigenvalue weighted by molar-refractivity contribution is -0.123. The fraction of sp³-hybridized carbons (Fsp3) is 0.381. The number of fused-ring (bicyclic) bond motifs is 3. The Hall–Kier alpha value is -1.58. The van der Waals surface area contributed by atoms with E-state index in [4.69, 9.17) is 4.99 Å². The number of aromatic nitrogens is 1. The van der Waals surface area contributed by atoms with Crippen LogP contribution >= 0.6 is 43.6 Å². The Morgan fingerprint density at radius 3 is 2.80 bits per heavy atom. The number of thioether (sulfide) groups is 1. The number of carbonyl (C=O) groups is 2. The van der Waals surface area contributed by atoms with Gasteiger partial charge >= 0.3 is 0 Å². The number of amides is 1. The zero-order valence-electron chi connectivity index (χ0n) is 15.8. The molecular formula is C21H18Br2N4O2S. The van der Waals surface area contributed by atoms with Crippen LogP contribution in [0.2, 0.25) is 0 Å². The van der Waals surface area contributed by atoms with Crippen LogP contribution in [0.3, 0.4) is 0 Å². The Kier molecular flexibility index (Phi) is 4.28. The average molecular weight is 550 g/mol. The molecule has 9 heteroatoms. The second-order valence-corrected chi connectivity index (χ2v) is 10.9. The third-order valence-corrected chi connectivity index (χ3v) is 9.63. The molecule has 0 unspecified atom stereocenters. The third-order valence-electron chi connectivity index (χ3n) is 6.78. The highest BCUT2D eigenvalue weighted by atomic mass is 79.9. The van der Waals surface area contributed by atoms with Crippen molar-refractivity contribution in [3.8, 4) is 0 Å². The summed E-state index contributed by atoms with van der Waals surface area (Å²) < 4.78 is 3.62. The maximum absolute atomic E-state index is 13.6. The zero-order chi connectivity index (χ0) is 20.6. The SMILES string of the molecule is O=C1CC[C@@H]2CN3C(=O)c4cc(Br)c(Br)n4[C@@H]4N=C(Sc5ccccc5)N[C@@]43[C@@H]2C1. The molecule has 1 aliphatic carbocycles. The number of Topliss-reactive ketones (excluding diaryl/α,β-unsaturated/α-hetero) is 1. The summed E-state index contributed by atoms with van der Waals surface area (Å²) in [4.78, 5) is 34.1. The molecule has 154 valence electrons. The van der Waals surface area contributed by atoms with E-state index in [9.17, 15) is 9.59 Å². The first-order valence-electron chi connectivity index (χ1n) is 9.98. The van der Waals surface area contributed by atoms with E-state index in [0.717, 1.165) is 25.6 Å². The van der Waals surface area contributed by atoms with Gasteiger partial charge in [0.15, 0.2) is 17.0 Å². The molecule has 6 nitrogen and oxygen atoms in total. The number of hydrogen-bond donors (Lipinski definition) is 1. The first-order chi connectivity index (χ1) is 14.5. The molecule has 4 aliphatic rings. The van der Waals surface area contributed by atoms with Crippen LogP contribution in [-0.2, 0) is 4.79 Å². The number of rotatable bonds is 1. The van der Waals surface area contributed by atoms with Gasteiger partial charge in [-0.25, -0.2) is 4.99 Å². The van der Waals surface area contributed by atoms with Crippen LogP contribution in [0, 0.1) is 11.8 Å².